The third-order valence-corrected chi connectivity index (χ3v) is 3.52. The summed E-state index contributed by atoms with van der Waals surface area (Å²) in [6.07, 6.45) is 0. The molecule has 1 atom stereocenters. The van der Waals surface area contributed by atoms with Gasteiger partial charge >= 0.3 is 0 Å². The lowest BCUT2D eigenvalue weighted by atomic mass is 9.97. The van der Waals surface area contributed by atoms with Gasteiger partial charge in [-0.15, -0.1) is 0 Å². The smallest absolute Gasteiger partial charge is 0.245 e. The first-order valence-corrected chi connectivity index (χ1v) is 6.00. The Morgan fingerprint density at radius 2 is 2.12 bits per heavy atom. The monoisotopic (exact) mass is 342 g/mol. The van der Waals surface area contributed by atoms with E-state index in [1.165, 1.54) is 7.05 Å². The summed E-state index contributed by atoms with van der Waals surface area (Å²) in [4.78, 5) is 23.3. The van der Waals surface area contributed by atoms with Crippen LogP contribution in [0.1, 0.15) is 15.9 Å². The molecule has 88 valence electrons. The van der Waals surface area contributed by atoms with Crippen molar-refractivity contribution in [1.29, 1.82) is 5.26 Å². The predicted octanol–water partition coefficient (Wildman–Crippen LogP) is 1.67. The van der Waals surface area contributed by atoms with Gasteiger partial charge in [0.1, 0.15) is 0 Å². The van der Waals surface area contributed by atoms with Crippen LogP contribution >= 0.6 is 22.6 Å². The van der Waals surface area contributed by atoms with Crippen molar-refractivity contribution in [3.63, 3.8) is 0 Å². The number of nitriles is 1. The van der Waals surface area contributed by atoms with Crippen molar-refractivity contribution in [1.82, 2.24) is 5.32 Å². The Morgan fingerprint density at radius 3 is 2.59 bits per heavy atom. The minimum Gasteiger partial charge on any atom is -0.358 e. The molecule has 1 rings (SSSR count). The SMILES string of the molecule is CNC(=O)C(C#N)C(=O)c1ccc(C)c(I)c1. The Hall–Kier alpha value is -1.42. The molecule has 0 fully saturated rings. The summed E-state index contributed by atoms with van der Waals surface area (Å²) >= 11 is 2.11. The molecular weight excluding hydrogens is 331 g/mol. The number of Topliss-reactive ketones (excluding diaryl/α,β-unsaturated/α-hetero) is 1. The molecule has 0 saturated carbocycles. The van der Waals surface area contributed by atoms with Crippen LogP contribution in [0.3, 0.4) is 0 Å². The van der Waals surface area contributed by atoms with E-state index >= 15 is 0 Å². The van der Waals surface area contributed by atoms with Crippen LogP contribution in [-0.4, -0.2) is 18.7 Å². The number of carbonyl (C=O) groups excluding carboxylic acids is 2. The molecular formula is C12H11IN2O2. The summed E-state index contributed by atoms with van der Waals surface area (Å²) in [7, 11) is 1.40. The lowest BCUT2D eigenvalue weighted by Crippen LogP contribution is -2.32. The molecule has 0 heterocycles. The number of halogens is 1. The number of nitrogens with one attached hydrogen (secondary N) is 1. The van der Waals surface area contributed by atoms with E-state index in [0.29, 0.717) is 5.56 Å². The average Bonchev–Trinajstić information content (AvgIpc) is 2.33. The lowest BCUT2D eigenvalue weighted by Gasteiger charge is -2.07. The largest absolute Gasteiger partial charge is 0.358 e. The number of hydrogen-bond acceptors (Lipinski definition) is 3. The van der Waals surface area contributed by atoms with E-state index < -0.39 is 17.6 Å². The Balaban J connectivity index is 3.07. The molecule has 0 bridgehead atoms. The van der Waals surface area contributed by atoms with Crippen LogP contribution in [0.25, 0.3) is 0 Å². The molecule has 0 saturated heterocycles. The minimum absolute atomic E-state index is 0.384. The second-order valence-electron chi connectivity index (χ2n) is 3.50. The van der Waals surface area contributed by atoms with Gasteiger partial charge in [0.25, 0.3) is 0 Å². The normalized spacial score (nSPS) is 11.4. The summed E-state index contributed by atoms with van der Waals surface area (Å²) in [5.74, 6) is -2.32. The molecule has 1 N–H and O–H groups in total. The Kier molecular flexibility index (Phi) is 4.63. The molecule has 4 nitrogen and oxygen atoms in total. The fraction of sp³-hybridized carbons (Fsp3) is 0.250. The van der Waals surface area contributed by atoms with Crippen molar-refractivity contribution in [3.05, 3.63) is 32.9 Å². The average molecular weight is 342 g/mol. The highest BCUT2D eigenvalue weighted by Gasteiger charge is 2.26. The molecule has 1 aromatic carbocycles. The molecule has 0 aliphatic heterocycles. The van der Waals surface area contributed by atoms with E-state index in [2.05, 4.69) is 27.9 Å². The first-order valence-electron chi connectivity index (χ1n) is 4.92. The standard InChI is InChI=1S/C12H11IN2O2/c1-7-3-4-8(5-10(7)13)11(16)9(6-14)12(17)15-2/h3-5,9H,1-2H3,(H,15,17). The van der Waals surface area contributed by atoms with E-state index in [1.807, 2.05) is 6.92 Å². The van der Waals surface area contributed by atoms with Gasteiger partial charge in [-0.3, -0.25) is 9.59 Å². The number of ketones is 1. The predicted molar refractivity (Wildman–Crippen MR) is 71.4 cm³/mol. The highest BCUT2D eigenvalue weighted by atomic mass is 127. The van der Waals surface area contributed by atoms with Crippen LogP contribution in [0.2, 0.25) is 0 Å². The van der Waals surface area contributed by atoms with Crippen molar-refractivity contribution in [2.24, 2.45) is 5.92 Å². The van der Waals surface area contributed by atoms with Gasteiger partial charge in [0, 0.05) is 16.2 Å². The zero-order valence-electron chi connectivity index (χ0n) is 9.45. The molecule has 0 aliphatic carbocycles. The van der Waals surface area contributed by atoms with Crippen molar-refractivity contribution in [3.8, 4) is 6.07 Å². The lowest BCUT2D eigenvalue weighted by molar-refractivity contribution is -0.121. The minimum atomic E-state index is -1.28. The Labute approximate surface area is 113 Å². The zero-order valence-corrected chi connectivity index (χ0v) is 11.6. The Morgan fingerprint density at radius 1 is 1.47 bits per heavy atom. The van der Waals surface area contributed by atoms with Gasteiger partial charge in [0.15, 0.2) is 11.7 Å². The highest BCUT2D eigenvalue weighted by Crippen LogP contribution is 2.16. The maximum Gasteiger partial charge on any atom is 0.245 e. The van der Waals surface area contributed by atoms with Crippen molar-refractivity contribution in [2.45, 2.75) is 6.92 Å². The number of carbonyl (C=O) groups is 2. The maximum absolute atomic E-state index is 12.0. The number of aryl methyl sites for hydroxylation is 1. The number of nitrogens with zero attached hydrogens (tertiary/aromatic N) is 1. The molecule has 0 aliphatic rings. The first kappa shape index (κ1) is 13.6. The fourth-order valence-corrected chi connectivity index (χ4v) is 1.81. The summed E-state index contributed by atoms with van der Waals surface area (Å²) in [6, 6.07) is 6.84. The van der Waals surface area contributed by atoms with Crippen LogP contribution in [0, 0.1) is 27.7 Å². The van der Waals surface area contributed by atoms with E-state index in [1.54, 1.807) is 24.3 Å². The summed E-state index contributed by atoms with van der Waals surface area (Å²) < 4.78 is 0.932. The van der Waals surface area contributed by atoms with Gasteiger partial charge in [0.05, 0.1) is 6.07 Å². The van der Waals surface area contributed by atoms with Crippen molar-refractivity contribution < 1.29 is 9.59 Å². The Bertz CT molecular complexity index is 506. The number of amides is 1. The summed E-state index contributed by atoms with van der Waals surface area (Å²) in [6.45, 7) is 1.93. The van der Waals surface area contributed by atoms with Crippen LogP contribution in [0.15, 0.2) is 18.2 Å². The zero-order chi connectivity index (χ0) is 13.0. The van der Waals surface area contributed by atoms with Crippen LogP contribution < -0.4 is 5.32 Å². The summed E-state index contributed by atoms with van der Waals surface area (Å²) in [5, 5.41) is 11.2. The van der Waals surface area contributed by atoms with Gasteiger partial charge in [-0.05, 0) is 41.1 Å². The second kappa shape index (κ2) is 5.77. The molecule has 0 aromatic heterocycles. The third-order valence-electron chi connectivity index (χ3n) is 2.36. The molecule has 1 unspecified atom stereocenters. The number of hydrogen-bond donors (Lipinski definition) is 1. The highest BCUT2D eigenvalue weighted by molar-refractivity contribution is 14.1. The van der Waals surface area contributed by atoms with Gasteiger partial charge in [0.2, 0.25) is 5.91 Å². The molecule has 0 spiro atoms. The van der Waals surface area contributed by atoms with Gasteiger partial charge in [-0.1, -0.05) is 12.1 Å². The van der Waals surface area contributed by atoms with Crippen LogP contribution in [-0.2, 0) is 4.79 Å². The number of rotatable bonds is 3. The van der Waals surface area contributed by atoms with Gasteiger partial charge in [-0.25, -0.2) is 0 Å². The molecule has 5 heteroatoms. The van der Waals surface area contributed by atoms with Crippen molar-refractivity contribution >= 4 is 34.3 Å². The quantitative estimate of drug-likeness (QED) is 0.516. The molecule has 17 heavy (non-hydrogen) atoms. The molecule has 0 radical (unpaired) electrons. The number of benzene rings is 1. The van der Waals surface area contributed by atoms with Crippen molar-refractivity contribution in [2.75, 3.05) is 7.05 Å². The third kappa shape index (κ3) is 3.03. The van der Waals surface area contributed by atoms with E-state index in [9.17, 15) is 9.59 Å². The molecule has 1 aromatic rings. The van der Waals surface area contributed by atoms with Gasteiger partial charge in [-0.2, -0.15) is 5.26 Å². The van der Waals surface area contributed by atoms with E-state index in [4.69, 9.17) is 5.26 Å². The topological polar surface area (TPSA) is 70.0 Å². The molecule has 1 amide bonds. The summed E-state index contributed by atoms with van der Waals surface area (Å²) in [5.41, 5.74) is 1.44. The van der Waals surface area contributed by atoms with E-state index in [-0.39, 0.29) is 0 Å². The van der Waals surface area contributed by atoms with E-state index in [0.717, 1.165) is 9.13 Å². The maximum atomic E-state index is 12.0. The second-order valence-corrected chi connectivity index (χ2v) is 4.67. The van der Waals surface area contributed by atoms with Crippen LogP contribution in [0.5, 0.6) is 0 Å². The first-order chi connectivity index (χ1) is 8.01. The fourth-order valence-electron chi connectivity index (χ4n) is 1.29. The van der Waals surface area contributed by atoms with Crippen LogP contribution in [0.4, 0.5) is 0 Å². The van der Waals surface area contributed by atoms with Gasteiger partial charge < -0.3 is 5.32 Å².